The van der Waals surface area contributed by atoms with Crippen molar-refractivity contribution in [1.82, 2.24) is 0 Å². The summed E-state index contributed by atoms with van der Waals surface area (Å²) in [5.74, 6) is -3.82. The zero-order valence-corrected chi connectivity index (χ0v) is 28.0. The summed E-state index contributed by atoms with van der Waals surface area (Å²) in [6.07, 6.45) is 2.09. The van der Waals surface area contributed by atoms with Crippen molar-refractivity contribution in [3.63, 3.8) is 0 Å². The van der Waals surface area contributed by atoms with Gasteiger partial charge in [-0.2, -0.15) is 0 Å². The fourth-order valence-corrected chi connectivity index (χ4v) is 10.0. The minimum Gasteiger partial charge on any atom is -0.481 e. The third-order valence-corrected chi connectivity index (χ3v) is 13.3. The van der Waals surface area contributed by atoms with E-state index in [2.05, 4.69) is 25.5 Å². The minimum absolute atomic E-state index is 0.00689. The van der Waals surface area contributed by atoms with Crippen molar-refractivity contribution in [2.24, 2.45) is 51.2 Å². The van der Waals surface area contributed by atoms with Crippen LogP contribution in [0.2, 0.25) is 0 Å². The monoisotopic (exact) mass is 616 g/mol. The van der Waals surface area contributed by atoms with E-state index in [1.807, 2.05) is 20.8 Å². The standard InChI is InChI=1S/C35H52O9/c1-18(14-23(36)19(2)20(3)31(41)42)21-10-13-34(7)30-22(15-26(38)35(21,34)8)33(6)12-11-27(44-29(40)17-28(39)43-9)32(4,5)25(33)16-24(30)37/h18-21,25-27,38H,10-17H2,1-9H3,(H,41,42). The maximum atomic E-state index is 14.3. The Labute approximate surface area is 261 Å². The number of carboxylic acid groups (broad SMARTS) is 1. The molecule has 2 N–H and O–H groups in total. The SMILES string of the molecule is COC(=O)CC(=O)OC1CCC2(C)C3=C(C(=O)CC2C1(C)C)C1(C)CCC(C(C)CC(=O)C(C)C(C)C(=O)O)C1(C)C(O)C3. The average molecular weight is 617 g/mol. The smallest absolute Gasteiger partial charge is 0.317 e. The second-order valence-electron chi connectivity index (χ2n) is 15.6. The molecule has 0 aromatic rings. The van der Waals surface area contributed by atoms with Crippen LogP contribution in [-0.4, -0.2) is 59.0 Å². The molecule has 0 aromatic carbocycles. The molecule has 4 aliphatic carbocycles. The predicted molar refractivity (Wildman–Crippen MR) is 162 cm³/mol. The van der Waals surface area contributed by atoms with Crippen LogP contribution in [0.25, 0.3) is 0 Å². The van der Waals surface area contributed by atoms with Crippen molar-refractivity contribution in [3.8, 4) is 0 Å². The number of Topliss-reactive ketones (excluding diaryl/α,β-unsaturated/α-hetero) is 2. The van der Waals surface area contributed by atoms with Crippen LogP contribution in [0.1, 0.15) is 107 Å². The van der Waals surface area contributed by atoms with Crippen LogP contribution < -0.4 is 0 Å². The number of esters is 2. The summed E-state index contributed by atoms with van der Waals surface area (Å²) in [5.41, 5.74) is -0.216. The molecule has 4 rings (SSSR count). The Morgan fingerprint density at radius 1 is 0.932 bits per heavy atom. The highest BCUT2D eigenvalue weighted by Gasteiger charge is 2.68. The zero-order valence-electron chi connectivity index (χ0n) is 28.0. The number of ether oxygens (including phenoxy) is 2. The van der Waals surface area contributed by atoms with E-state index in [0.29, 0.717) is 25.7 Å². The van der Waals surface area contributed by atoms with Crippen LogP contribution in [0.15, 0.2) is 11.1 Å². The van der Waals surface area contributed by atoms with Crippen molar-refractivity contribution in [2.45, 2.75) is 119 Å². The van der Waals surface area contributed by atoms with Gasteiger partial charge in [0.1, 0.15) is 18.3 Å². The number of hydrogen-bond donors (Lipinski definition) is 2. The van der Waals surface area contributed by atoms with Crippen molar-refractivity contribution in [2.75, 3.05) is 7.11 Å². The van der Waals surface area contributed by atoms with Gasteiger partial charge in [-0.1, -0.05) is 61.0 Å². The van der Waals surface area contributed by atoms with Gasteiger partial charge in [0.15, 0.2) is 5.78 Å². The number of carbonyl (C=O) groups excluding carboxylic acids is 4. The number of fused-ring (bicyclic) bond motifs is 4. The van der Waals surface area contributed by atoms with E-state index in [1.165, 1.54) is 7.11 Å². The molecular formula is C35H52O9. The van der Waals surface area contributed by atoms with Gasteiger partial charge in [0.25, 0.3) is 0 Å². The summed E-state index contributed by atoms with van der Waals surface area (Å²) in [7, 11) is 1.23. The van der Waals surface area contributed by atoms with Crippen LogP contribution in [0.3, 0.4) is 0 Å². The fourth-order valence-electron chi connectivity index (χ4n) is 10.0. The molecule has 10 atom stereocenters. The number of hydrogen-bond acceptors (Lipinski definition) is 8. The molecule has 2 saturated carbocycles. The highest BCUT2D eigenvalue weighted by Crippen LogP contribution is 2.72. The average Bonchev–Trinajstić information content (AvgIpc) is 3.23. The number of aliphatic hydroxyl groups excluding tert-OH is 1. The van der Waals surface area contributed by atoms with Crippen molar-refractivity contribution in [3.05, 3.63) is 11.1 Å². The number of ketones is 2. The molecule has 0 saturated heterocycles. The highest BCUT2D eigenvalue weighted by atomic mass is 16.6. The topological polar surface area (TPSA) is 144 Å². The second-order valence-corrected chi connectivity index (χ2v) is 15.6. The van der Waals surface area contributed by atoms with Gasteiger partial charge in [0.2, 0.25) is 0 Å². The third-order valence-electron chi connectivity index (χ3n) is 13.3. The Kier molecular flexibility index (Phi) is 9.10. The largest absolute Gasteiger partial charge is 0.481 e. The summed E-state index contributed by atoms with van der Waals surface area (Å²) in [6, 6.07) is 0. The van der Waals surface area contributed by atoms with Gasteiger partial charge in [-0.15, -0.1) is 0 Å². The second kappa shape index (κ2) is 11.7. The van der Waals surface area contributed by atoms with E-state index in [4.69, 9.17) is 4.74 Å². The zero-order chi connectivity index (χ0) is 33.2. The van der Waals surface area contributed by atoms with E-state index in [0.717, 1.165) is 24.0 Å². The van der Waals surface area contributed by atoms with Crippen molar-refractivity contribution < 1.29 is 43.7 Å². The number of aliphatic hydroxyl groups is 1. The third kappa shape index (κ3) is 5.15. The maximum absolute atomic E-state index is 14.3. The number of carboxylic acids is 1. The lowest BCUT2D eigenvalue weighted by Crippen LogP contribution is -2.60. The summed E-state index contributed by atoms with van der Waals surface area (Å²) in [6.45, 7) is 15.7. The molecule has 0 amide bonds. The van der Waals surface area contributed by atoms with Crippen LogP contribution in [0.4, 0.5) is 0 Å². The first-order valence-electron chi connectivity index (χ1n) is 16.2. The summed E-state index contributed by atoms with van der Waals surface area (Å²) < 4.78 is 10.4. The van der Waals surface area contributed by atoms with Crippen LogP contribution in [0.5, 0.6) is 0 Å². The molecule has 0 bridgehead atoms. The molecule has 0 aliphatic heterocycles. The van der Waals surface area contributed by atoms with E-state index >= 15 is 0 Å². The van der Waals surface area contributed by atoms with Gasteiger partial charge in [-0.05, 0) is 55.3 Å². The predicted octanol–water partition coefficient (Wildman–Crippen LogP) is 5.31. The quantitative estimate of drug-likeness (QED) is 0.260. The van der Waals surface area contributed by atoms with E-state index in [-0.39, 0.29) is 41.2 Å². The number of methoxy groups -OCH3 is 1. The van der Waals surface area contributed by atoms with Gasteiger partial charge < -0.3 is 19.7 Å². The Morgan fingerprint density at radius 2 is 1.57 bits per heavy atom. The molecule has 0 heterocycles. The molecule has 0 aromatic heterocycles. The molecule has 4 aliphatic rings. The van der Waals surface area contributed by atoms with Gasteiger partial charge in [-0.3, -0.25) is 24.0 Å². The normalized spacial score (nSPS) is 38.0. The lowest BCUT2D eigenvalue weighted by molar-refractivity contribution is -0.174. The van der Waals surface area contributed by atoms with Gasteiger partial charge in [0, 0.05) is 40.6 Å². The molecule has 9 nitrogen and oxygen atoms in total. The first kappa shape index (κ1) is 34.3. The molecule has 246 valence electrons. The van der Waals surface area contributed by atoms with Gasteiger partial charge in [-0.25, -0.2) is 0 Å². The summed E-state index contributed by atoms with van der Waals surface area (Å²) >= 11 is 0. The number of carbonyl (C=O) groups is 5. The molecule has 0 radical (unpaired) electrons. The van der Waals surface area contributed by atoms with E-state index in [1.54, 1.807) is 13.8 Å². The minimum atomic E-state index is -0.986. The number of allylic oxidation sites excluding steroid dienone is 1. The fraction of sp³-hybridized carbons (Fsp3) is 0.800. The van der Waals surface area contributed by atoms with Crippen LogP contribution >= 0.6 is 0 Å². The Balaban J connectivity index is 1.64. The Bertz CT molecular complexity index is 1260. The molecular weight excluding hydrogens is 564 g/mol. The molecule has 2 fully saturated rings. The number of rotatable bonds is 9. The molecule has 9 heteroatoms. The van der Waals surface area contributed by atoms with Crippen LogP contribution in [0, 0.1) is 51.2 Å². The maximum Gasteiger partial charge on any atom is 0.317 e. The molecule has 0 spiro atoms. The number of aliphatic carboxylic acids is 1. The lowest BCUT2D eigenvalue weighted by atomic mass is 9.42. The Morgan fingerprint density at radius 3 is 2.16 bits per heavy atom. The van der Waals surface area contributed by atoms with Crippen molar-refractivity contribution in [1.29, 1.82) is 0 Å². The van der Waals surface area contributed by atoms with Gasteiger partial charge in [0.05, 0.1) is 19.1 Å². The molecule has 44 heavy (non-hydrogen) atoms. The lowest BCUT2D eigenvalue weighted by Gasteiger charge is -2.62. The van der Waals surface area contributed by atoms with Crippen LogP contribution in [-0.2, 0) is 33.4 Å². The first-order chi connectivity index (χ1) is 20.3. The summed E-state index contributed by atoms with van der Waals surface area (Å²) in [5, 5.41) is 21.5. The Hall–Kier alpha value is -2.55. The first-order valence-corrected chi connectivity index (χ1v) is 16.2. The van der Waals surface area contributed by atoms with E-state index < -0.39 is 64.6 Å². The van der Waals surface area contributed by atoms with E-state index in [9.17, 15) is 34.2 Å². The van der Waals surface area contributed by atoms with Crippen molar-refractivity contribution >= 4 is 29.5 Å². The summed E-state index contributed by atoms with van der Waals surface area (Å²) in [4.78, 5) is 63.1. The van der Waals surface area contributed by atoms with Gasteiger partial charge >= 0.3 is 17.9 Å². The molecule has 10 unspecified atom stereocenters. The highest BCUT2D eigenvalue weighted by molar-refractivity contribution is 6.00.